The minimum Gasteiger partial charge on any atom is -0.365 e. The van der Waals surface area contributed by atoms with E-state index in [-0.39, 0.29) is 5.91 Å². The van der Waals surface area contributed by atoms with E-state index in [1.165, 1.54) is 0 Å². The van der Waals surface area contributed by atoms with Crippen LogP contribution in [0.4, 0.5) is 5.82 Å². The van der Waals surface area contributed by atoms with Gasteiger partial charge in [-0.1, -0.05) is 37.6 Å². The Morgan fingerprint density at radius 2 is 1.71 bits per heavy atom. The van der Waals surface area contributed by atoms with Gasteiger partial charge in [0.15, 0.2) is 5.69 Å². The number of nitrogens with zero attached hydrogens (tertiary/aromatic N) is 3. The molecule has 0 spiro atoms. The predicted molar refractivity (Wildman–Crippen MR) is 97.3 cm³/mol. The van der Waals surface area contributed by atoms with E-state index in [4.69, 9.17) is 11.6 Å². The Morgan fingerprint density at radius 3 is 2.25 bits per heavy atom. The lowest BCUT2D eigenvalue weighted by Gasteiger charge is -2.20. The van der Waals surface area contributed by atoms with Gasteiger partial charge >= 0.3 is 0 Å². The van der Waals surface area contributed by atoms with Crippen LogP contribution >= 0.6 is 11.6 Å². The lowest BCUT2D eigenvalue weighted by Crippen LogP contribution is -2.33. The molecule has 1 amide bonds. The van der Waals surface area contributed by atoms with Gasteiger partial charge in [0.25, 0.3) is 5.91 Å². The summed E-state index contributed by atoms with van der Waals surface area (Å²) in [6.07, 6.45) is 1.86. The zero-order valence-corrected chi connectivity index (χ0v) is 14.9. The molecule has 1 heterocycles. The third-order valence-electron chi connectivity index (χ3n) is 3.54. The van der Waals surface area contributed by atoms with Crippen molar-refractivity contribution in [1.29, 1.82) is 0 Å². The standard InChI is InChI=1S/C18H23ClN4O/c1-3-11-23(12-4-2)18(24)16-9-10-17(22-21-16)20-13-14-5-7-15(19)8-6-14/h5-10H,3-4,11-13H2,1-2H3,(H,20,22). The van der Waals surface area contributed by atoms with Crippen molar-refractivity contribution in [2.45, 2.75) is 33.2 Å². The molecule has 0 aliphatic rings. The van der Waals surface area contributed by atoms with Gasteiger partial charge in [-0.15, -0.1) is 10.2 Å². The Kier molecular flexibility index (Phi) is 7.00. The molecule has 24 heavy (non-hydrogen) atoms. The second-order valence-electron chi connectivity index (χ2n) is 5.58. The van der Waals surface area contributed by atoms with Crippen LogP contribution < -0.4 is 5.32 Å². The number of benzene rings is 1. The van der Waals surface area contributed by atoms with Crippen LogP contribution in [0.2, 0.25) is 5.02 Å². The van der Waals surface area contributed by atoms with Crippen LogP contribution in [0, 0.1) is 0 Å². The first kappa shape index (κ1) is 18.2. The van der Waals surface area contributed by atoms with Gasteiger partial charge in [0.2, 0.25) is 0 Å². The zero-order valence-electron chi connectivity index (χ0n) is 14.1. The summed E-state index contributed by atoms with van der Waals surface area (Å²) < 4.78 is 0. The van der Waals surface area contributed by atoms with Crippen LogP contribution in [0.1, 0.15) is 42.7 Å². The van der Waals surface area contributed by atoms with Crippen molar-refractivity contribution in [1.82, 2.24) is 15.1 Å². The van der Waals surface area contributed by atoms with Crippen molar-refractivity contribution in [2.24, 2.45) is 0 Å². The summed E-state index contributed by atoms with van der Waals surface area (Å²) in [5.41, 5.74) is 1.48. The molecule has 0 bridgehead atoms. The molecule has 0 saturated carbocycles. The van der Waals surface area contributed by atoms with Gasteiger partial charge in [-0.2, -0.15) is 0 Å². The molecule has 128 valence electrons. The molecular weight excluding hydrogens is 324 g/mol. The molecule has 0 aliphatic heterocycles. The Labute approximate surface area is 148 Å². The molecule has 1 aromatic carbocycles. The van der Waals surface area contributed by atoms with E-state index in [0.717, 1.165) is 31.5 Å². The Bertz CT molecular complexity index is 637. The number of rotatable bonds is 8. The number of halogens is 1. The highest BCUT2D eigenvalue weighted by Crippen LogP contribution is 2.11. The van der Waals surface area contributed by atoms with E-state index >= 15 is 0 Å². The third kappa shape index (κ3) is 5.20. The number of hydrogen-bond acceptors (Lipinski definition) is 4. The molecule has 2 aromatic rings. The smallest absolute Gasteiger partial charge is 0.274 e. The van der Waals surface area contributed by atoms with Crippen molar-refractivity contribution in [2.75, 3.05) is 18.4 Å². The first-order valence-electron chi connectivity index (χ1n) is 8.25. The Hall–Kier alpha value is -2.14. The Balaban J connectivity index is 1.96. The van der Waals surface area contributed by atoms with E-state index in [2.05, 4.69) is 29.4 Å². The fraction of sp³-hybridized carbons (Fsp3) is 0.389. The number of amides is 1. The van der Waals surface area contributed by atoms with Gasteiger partial charge in [-0.3, -0.25) is 4.79 Å². The van der Waals surface area contributed by atoms with Crippen molar-refractivity contribution in [3.63, 3.8) is 0 Å². The van der Waals surface area contributed by atoms with Gasteiger partial charge in [0.1, 0.15) is 5.82 Å². The summed E-state index contributed by atoms with van der Waals surface area (Å²) in [6, 6.07) is 11.1. The Morgan fingerprint density at radius 1 is 1.04 bits per heavy atom. The van der Waals surface area contributed by atoms with Crippen LogP contribution in [0.15, 0.2) is 36.4 Å². The zero-order chi connectivity index (χ0) is 17.4. The average Bonchev–Trinajstić information content (AvgIpc) is 2.61. The van der Waals surface area contributed by atoms with E-state index in [1.54, 1.807) is 12.1 Å². The first-order chi connectivity index (χ1) is 11.6. The summed E-state index contributed by atoms with van der Waals surface area (Å²) in [5.74, 6) is 0.578. The fourth-order valence-electron chi connectivity index (χ4n) is 2.35. The maximum Gasteiger partial charge on any atom is 0.274 e. The van der Waals surface area contributed by atoms with Gasteiger partial charge in [-0.25, -0.2) is 0 Å². The second kappa shape index (κ2) is 9.23. The second-order valence-corrected chi connectivity index (χ2v) is 6.01. The normalized spacial score (nSPS) is 10.5. The summed E-state index contributed by atoms with van der Waals surface area (Å²) in [7, 11) is 0. The number of nitrogens with one attached hydrogen (secondary N) is 1. The van der Waals surface area contributed by atoms with E-state index < -0.39 is 0 Å². The molecular formula is C18H23ClN4O. The van der Waals surface area contributed by atoms with Crippen molar-refractivity contribution < 1.29 is 4.79 Å². The molecule has 0 radical (unpaired) electrons. The van der Waals surface area contributed by atoms with Crippen molar-refractivity contribution in [3.05, 3.63) is 52.7 Å². The minimum atomic E-state index is -0.0598. The van der Waals surface area contributed by atoms with Gasteiger partial charge in [0, 0.05) is 24.7 Å². The maximum atomic E-state index is 12.4. The van der Waals surface area contributed by atoms with Gasteiger partial charge in [-0.05, 0) is 42.7 Å². The first-order valence-corrected chi connectivity index (χ1v) is 8.63. The molecule has 6 heteroatoms. The lowest BCUT2D eigenvalue weighted by molar-refractivity contribution is 0.0748. The highest BCUT2D eigenvalue weighted by atomic mass is 35.5. The molecule has 5 nitrogen and oxygen atoms in total. The molecule has 0 atom stereocenters. The molecule has 0 aliphatic carbocycles. The van der Waals surface area contributed by atoms with Crippen LogP contribution in [-0.2, 0) is 6.54 Å². The molecule has 1 N–H and O–H groups in total. The minimum absolute atomic E-state index is 0.0598. The monoisotopic (exact) mass is 346 g/mol. The fourth-order valence-corrected chi connectivity index (χ4v) is 2.48. The molecule has 0 fully saturated rings. The average molecular weight is 347 g/mol. The largest absolute Gasteiger partial charge is 0.365 e. The summed E-state index contributed by atoms with van der Waals surface area (Å²) >= 11 is 5.87. The number of anilines is 1. The van der Waals surface area contributed by atoms with E-state index in [1.807, 2.05) is 29.2 Å². The highest BCUT2D eigenvalue weighted by Gasteiger charge is 2.16. The number of hydrogen-bond donors (Lipinski definition) is 1. The SMILES string of the molecule is CCCN(CCC)C(=O)c1ccc(NCc2ccc(Cl)cc2)nn1. The maximum absolute atomic E-state index is 12.4. The molecule has 1 aromatic heterocycles. The van der Waals surface area contributed by atoms with Crippen molar-refractivity contribution >= 4 is 23.3 Å². The molecule has 0 unspecified atom stereocenters. The summed E-state index contributed by atoms with van der Waals surface area (Å²) in [5, 5.41) is 12.1. The topological polar surface area (TPSA) is 58.1 Å². The highest BCUT2D eigenvalue weighted by molar-refractivity contribution is 6.30. The van der Waals surface area contributed by atoms with E-state index in [9.17, 15) is 4.79 Å². The van der Waals surface area contributed by atoms with Crippen LogP contribution in [0.3, 0.4) is 0 Å². The molecule has 0 saturated heterocycles. The molecule has 2 rings (SSSR count). The van der Waals surface area contributed by atoms with E-state index in [0.29, 0.717) is 23.1 Å². The lowest BCUT2D eigenvalue weighted by atomic mass is 10.2. The number of carbonyl (C=O) groups is 1. The number of aromatic nitrogens is 2. The third-order valence-corrected chi connectivity index (χ3v) is 3.80. The predicted octanol–water partition coefficient (Wildman–Crippen LogP) is 4.00. The quantitative estimate of drug-likeness (QED) is 0.784. The summed E-state index contributed by atoms with van der Waals surface area (Å²) in [4.78, 5) is 14.3. The van der Waals surface area contributed by atoms with Crippen molar-refractivity contribution in [3.8, 4) is 0 Å². The van der Waals surface area contributed by atoms with Crippen LogP contribution in [0.25, 0.3) is 0 Å². The number of carbonyl (C=O) groups excluding carboxylic acids is 1. The van der Waals surface area contributed by atoms with Gasteiger partial charge in [0.05, 0.1) is 0 Å². The van der Waals surface area contributed by atoms with Crippen LogP contribution in [0.5, 0.6) is 0 Å². The van der Waals surface area contributed by atoms with Crippen LogP contribution in [-0.4, -0.2) is 34.1 Å². The summed E-state index contributed by atoms with van der Waals surface area (Å²) in [6.45, 7) is 6.23. The van der Waals surface area contributed by atoms with Gasteiger partial charge < -0.3 is 10.2 Å².